The SMILES string of the molecule is CC(C)(Cn1nnnc1CCOCC(F)F)C(=O)O. The highest BCUT2D eigenvalue weighted by atomic mass is 19.3. The summed E-state index contributed by atoms with van der Waals surface area (Å²) in [4.78, 5) is 11.0. The lowest BCUT2D eigenvalue weighted by Gasteiger charge is -2.19. The van der Waals surface area contributed by atoms with Crippen molar-refractivity contribution in [3.8, 4) is 0 Å². The number of halogens is 2. The highest BCUT2D eigenvalue weighted by Gasteiger charge is 2.29. The van der Waals surface area contributed by atoms with Crippen molar-refractivity contribution in [3.05, 3.63) is 5.82 Å². The van der Waals surface area contributed by atoms with Gasteiger partial charge in [-0.2, -0.15) is 0 Å². The standard InChI is InChI=1S/C10H16F2N4O3/c1-10(2,9(17)18)6-16-8(13-14-15-16)3-4-19-5-7(11)12/h7H,3-6H2,1-2H3,(H,17,18). The van der Waals surface area contributed by atoms with Crippen molar-refractivity contribution in [2.24, 2.45) is 5.41 Å². The van der Waals surface area contributed by atoms with Crippen LogP contribution in [0.5, 0.6) is 0 Å². The molecule has 0 aliphatic heterocycles. The first-order chi connectivity index (χ1) is 8.83. The Balaban J connectivity index is 2.53. The van der Waals surface area contributed by atoms with Gasteiger partial charge in [0.05, 0.1) is 18.6 Å². The number of nitrogens with zero attached hydrogens (tertiary/aromatic N) is 4. The maximum absolute atomic E-state index is 11.9. The zero-order valence-corrected chi connectivity index (χ0v) is 10.7. The maximum atomic E-state index is 11.9. The highest BCUT2D eigenvalue weighted by molar-refractivity contribution is 5.73. The zero-order chi connectivity index (χ0) is 14.5. The van der Waals surface area contributed by atoms with Crippen LogP contribution in [-0.4, -0.2) is 50.9 Å². The van der Waals surface area contributed by atoms with Gasteiger partial charge in [-0.15, -0.1) is 5.10 Å². The number of ether oxygens (including phenoxy) is 1. The molecule has 0 fully saturated rings. The number of hydrogen-bond donors (Lipinski definition) is 1. The number of carboxylic acids is 1. The molecule has 0 amide bonds. The van der Waals surface area contributed by atoms with Gasteiger partial charge in [-0.3, -0.25) is 4.79 Å². The Morgan fingerprint density at radius 1 is 1.53 bits per heavy atom. The molecule has 1 aromatic heterocycles. The Hall–Kier alpha value is -1.64. The van der Waals surface area contributed by atoms with Crippen molar-refractivity contribution < 1.29 is 23.4 Å². The van der Waals surface area contributed by atoms with Crippen LogP contribution in [0.2, 0.25) is 0 Å². The van der Waals surface area contributed by atoms with E-state index in [0.29, 0.717) is 5.82 Å². The van der Waals surface area contributed by atoms with Crippen molar-refractivity contribution in [3.63, 3.8) is 0 Å². The fraction of sp³-hybridized carbons (Fsp3) is 0.800. The first-order valence-electron chi connectivity index (χ1n) is 5.67. The van der Waals surface area contributed by atoms with Crippen LogP contribution in [0.1, 0.15) is 19.7 Å². The highest BCUT2D eigenvalue weighted by Crippen LogP contribution is 2.18. The lowest BCUT2D eigenvalue weighted by atomic mass is 9.94. The quantitative estimate of drug-likeness (QED) is 0.701. The fourth-order valence-corrected chi connectivity index (χ4v) is 1.30. The van der Waals surface area contributed by atoms with Gasteiger partial charge in [0.15, 0.2) is 5.82 Å². The monoisotopic (exact) mass is 278 g/mol. The second kappa shape index (κ2) is 6.50. The van der Waals surface area contributed by atoms with Crippen LogP contribution in [0.3, 0.4) is 0 Å². The van der Waals surface area contributed by atoms with E-state index in [1.807, 2.05) is 0 Å². The van der Waals surface area contributed by atoms with E-state index in [4.69, 9.17) is 9.84 Å². The van der Waals surface area contributed by atoms with Crippen molar-refractivity contribution in [1.29, 1.82) is 0 Å². The van der Waals surface area contributed by atoms with Gasteiger partial charge in [-0.05, 0) is 24.3 Å². The minimum absolute atomic E-state index is 0.0538. The number of hydrogen-bond acceptors (Lipinski definition) is 5. The summed E-state index contributed by atoms with van der Waals surface area (Å²) in [5.41, 5.74) is -1.02. The molecule has 108 valence electrons. The van der Waals surface area contributed by atoms with Gasteiger partial charge in [0.2, 0.25) is 0 Å². The molecule has 0 unspecified atom stereocenters. The van der Waals surface area contributed by atoms with Crippen molar-refractivity contribution in [2.45, 2.75) is 33.2 Å². The lowest BCUT2D eigenvalue weighted by molar-refractivity contribution is -0.147. The summed E-state index contributed by atoms with van der Waals surface area (Å²) in [6, 6.07) is 0. The summed E-state index contributed by atoms with van der Waals surface area (Å²) >= 11 is 0. The second-order valence-electron chi connectivity index (χ2n) is 4.66. The molecule has 1 aromatic rings. The summed E-state index contributed by atoms with van der Waals surface area (Å²) in [5.74, 6) is -0.563. The Kier molecular flexibility index (Phi) is 5.28. The minimum atomic E-state index is -2.51. The summed E-state index contributed by atoms with van der Waals surface area (Å²) in [7, 11) is 0. The maximum Gasteiger partial charge on any atom is 0.310 e. The molecule has 1 heterocycles. The third-order valence-electron chi connectivity index (χ3n) is 2.44. The molecule has 0 radical (unpaired) electrons. The Labute approximate surface area is 108 Å². The van der Waals surface area contributed by atoms with Gasteiger partial charge in [-0.1, -0.05) is 0 Å². The summed E-state index contributed by atoms with van der Waals surface area (Å²) in [6.07, 6.45) is -2.27. The van der Waals surface area contributed by atoms with Crippen LogP contribution in [0, 0.1) is 5.41 Å². The van der Waals surface area contributed by atoms with E-state index in [9.17, 15) is 13.6 Å². The van der Waals surface area contributed by atoms with E-state index in [1.54, 1.807) is 13.8 Å². The Morgan fingerprint density at radius 2 is 2.21 bits per heavy atom. The van der Waals surface area contributed by atoms with E-state index < -0.39 is 24.4 Å². The Morgan fingerprint density at radius 3 is 2.79 bits per heavy atom. The summed E-state index contributed by atoms with van der Waals surface area (Å²) in [6.45, 7) is 2.61. The molecule has 0 saturated carbocycles. The molecule has 19 heavy (non-hydrogen) atoms. The van der Waals surface area contributed by atoms with Crippen LogP contribution in [-0.2, 0) is 22.5 Å². The molecular weight excluding hydrogens is 262 g/mol. The molecule has 1 N–H and O–H groups in total. The van der Waals surface area contributed by atoms with E-state index in [-0.39, 0.29) is 19.6 Å². The average Bonchev–Trinajstić information content (AvgIpc) is 2.71. The molecule has 9 heteroatoms. The van der Waals surface area contributed by atoms with Crippen molar-refractivity contribution in [1.82, 2.24) is 20.2 Å². The van der Waals surface area contributed by atoms with Crippen LogP contribution in [0.4, 0.5) is 8.78 Å². The van der Waals surface area contributed by atoms with E-state index in [2.05, 4.69) is 15.5 Å². The molecule has 0 spiro atoms. The third kappa shape index (κ3) is 4.86. The number of aliphatic carboxylic acids is 1. The number of tetrazole rings is 1. The number of rotatable bonds is 8. The molecule has 0 aromatic carbocycles. The largest absolute Gasteiger partial charge is 0.481 e. The van der Waals surface area contributed by atoms with Crippen LogP contribution in [0.15, 0.2) is 0 Å². The average molecular weight is 278 g/mol. The van der Waals surface area contributed by atoms with Gasteiger partial charge in [0.1, 0.15) is 6.61 Å². The van der Waals surface area contributed by atoms with Gasteiger partial charge < -0.3 is 9.84 Å². The molecule has 0 atom stereocenters. The molecule has 7 nitrogen and oxygen atoms in total. The molecule has 0 saturated heterocycles. The molecule has 0 aliphatic rings. The predicted octanol–water partition coefficient (Wildman–Crippen LogP) is 0.608. The first kappa shape index (κ1) is 15.4. The fourth-order valence-electron chi connectivity index (χ4n) is 1.30. The number of alkyl halides is 2. The third-order valence-corrected chi connectivity index (χ3v) is 2.44. The zero-order valence-electron chi connectivity index (χ0n) is 10.7. The second-order valence-corrected chi connectivity index (χ2v) is 4.66. The molecule has 0 bridgehead atoms. The number of aromatic nitrogens is 4. The van der Waals surface area contributed by atoms with E-state index >= 15 is 0 Å². The van der Waals surface area contributed by atoms with Gasteiger partial charge in [0.25, 0.3) is 6.43 Å². The summed E-state index contributed by atoms with van der Waals surface area (Å²) < 4.78 is 29.8. The number of carboxylic acid groups (broad SMARTS) is 1. The molecule has 0 aliphatic carbocycles. The van der Waals surface area contributed by atoms with Crippen LogP contribution >= 0.6 is 0 Å². The lowest BCUT2D eigenvalue weighted by Crippen LogP contribution is -2.30. The number of carbonyl (C=O) groups is 1. The Bertz CT molecular complexity index is 423. The predicted molar refractivity (Wildman–Crippen MR) is 59.8 cm³/mol. The van der Waals surface area contributed by atoms with Crippen LogP contribution < -0.4 is 0 Å². The van der Waals surface area contributed by atoms with E-state index in [1.165, 1.54) is 4.68 Å². The molecular formula is C10H16F2N4O3. The molecule has 1 rings (SSSR count). The van der Waals surface area contributed by atoms with Crippen molar-refractivity contribution >= 4 is 5.97 Å². The van der Waals surface area contributed by atoms with Crippen LogP contribution in [0.25, 0.3) is 0 Å². The van der Waals surface area contributed by atoms with Gasteiger partial charge >= 0.3 is 5.97 Å². The minimum Gasteiger partial charge on any atom is -0.481 e. The van der Waals surface area contributed by atoms with Crippen molar-refractivity contribution in [2.75, 3.05) is 13.2 Å². The van der Waals surface area contributed by atoms with Gasteiger partial charge in [-0.25, -0.2) is 13.5 Å². The topological polar surface area (TPSA) is 90.1 Å². The normalized spacial score (nSPS) is 12.1. The van der Waals surface area contributed by atoms with Gasteiger partial charge in [0, 0.05) is 6.42 Å². The first-order valence-corrected chi connectivity index (χ1v) is 5.67. The summed E-state index contributed by atoms with van der Waals surface area (Å²) in [5, 5.41) is 19.9. The smallest absolute Gasteiger partial charge is 0.310 e. The van der Waals surface area contributed by atoms with E-state index in [0.717, 1.165) is 0 Å².